The third kappa shape index (κ3) is 4.20. The van der Waals surface area contributed by atoms with Crippen molar-refractivity contribution in [3.05, 3.63) is 176 Å². The van der Waals surface area contributed by atoms with Crippen molar-refractivity contribution in [3.8, 4) is 11.1 Å². The van der Waals surface area contributed by atoms with E-state index in [9.17, 15) is 0 Å². The Morgan fingerprint density at radius 3 is 1.83 bits per heavy atom. The van der Waals surface area contributed by atoms with Gasteiger partial charge in [0.2, 0.25) is 0 Å². The van der Waals surface area contributed by atoms with Crippen LogP contribution in [0.5, 0.6) is 0 Å². The Kier molecular flexibility index (Phi) is 5.91. The molecule has 0 aliphatic heterocycles. The summed E-state index contributed by atoms with van der Waals surface area (Å²) in [6.45, 7) is 0. The molecular weight excluding hydrogens is 583 g/mol. The zero-order chi connectivity index (χ0) is 31.6. The first-order chi connectivity index (χ1) is 23.8. The molecule has 0 saturated carbocycles. The minimum atomic E-state index is 0.910. The van der Waals surface area contributed by atoms with Gasteiger partial charge in [-0.3, -0.25) is 0 Å². The van der Waals surface area contributed by atoms with Gasteiger partial charge in [-0.05, 0) is 103 Å². The van der Waals surface area contributed by atoms with Crippen molar-refractivity contribution < 1.29 is 4.42 Å². The van der Waals surface area contributed by atoms with Crippen LogP contribution < -0.4 is 4.90 Å². The molecule has 224 valence electrons. The quantitative estimate of drug-likeness (QED) is 0.184. The van der Waals surface area contributed by atoms with Crippen LogP contribution in [-0.2, 0) is 0 Å². The topological polar surface area (TPSA) is 16.4 Å². The van der Waals surface area contributed by atoms with E-state index in [4.69, 9.17) is 4.42 Å². The van der Waals surface area contributed by atoms with Gasteiger partial charge in [-0.25, -0.2) is 0 Å². The van der Waals surface area contributed by atoms with Crippen LogP contribution >= 0.6 is 0 Å². The molecule has 1 aromatic heterocycles. The van der Waals surface area contributed by atoms with Gasteiger partial charge >= 0.3 is 0 Å². The average molecular weight is 612 g/mol. The number of hydrogen-bond donors (Lipinski definition) is 0. The summed E-state index contributed by atoms with van der Waals surface area (Å²) in [6, 6.07) is 63.4. The Morgan fingerprint density at radius 1 is 0.333 bits per heavy atom. The third-order valence-corrected chi connectivity index (χ3v) is 9.80. The molecule has 0 N–H and O–H groups in total. The summed E-state index contributed by atoms with van der Waals surface area (Å²) in [5.74, 6) is 0. The lowest BCUT2D eigenvalue weighted by molar-refractivity contribution is 0.669. The fourth-order valence-corrected chi connectivity index (χ4v) is 7.49. The predicted octanol–water partition coefficient (Wildman–Crippen LogP) is 13.3. The van der Waals surface area contributed by atoms with Crippen LogP contribution in [0.15, 0.2) is 180 Å². The first kappa shape index (κ1) is 26.8. The van der Waals surface area contributed by atoms with E-state index >= 15 is 0 Å². The number of para-hydroxylation sites is 2. The highest BCUT2D eigenvalue weighted by Gasteiger charge is 2.17. The van der Waals surface area contributed by atoms with Gasteiger partial charge in [0.05, 0.1) is 5.69 Å². The molecule has 0 fully saturated rings. The number of anilines is 3. The fourth-order valence-electron chi connectivity index (χ4n) is 7.49. The Morgan fingerprint density at radius 2 is 0.979 bits per heavy atom. The summed E-state index contributed by atoms with van der Waals surface area (Å²) in [7, 11) is 0. The van der Waals surface area contributed by atoms with Gasteiger partial charge in [0.15, 0.2) is 0 Å². The Hall–Kier alpha value is -6.38. The molecule has 10 rings (SSSR count). The van der Waals surface area contributed by atoms with E-state index in [2.05, 4.69) is 169 Å². The van der Waals surface area contributed by atoms with Crippen molar-refractivity contribution >= 4 is 82.1 Å². The summed E-state index contributed by atoms with van der Waals surface area (Å²) < 4.78 is 6.24. The lowest BCUT2D eigenvalue weighted by atomic mass is 9.94. The van der Waals surface area contributed by atoms with Crippen LogP contribution in [0.25, 0.3) is 76.2 Å². The molecule has 2 nitrogen and oxygen atoms in total. The first-order valence-electron chi connectivity index (χ1n) is 16.4. The van der Waals surface area contributed by atoms with Crippen LogP contribution in [-0.4, -0.2) is 0 Å². The largest absolute Gasteiger partial charge is 0.456 e. The molecule has 1 heterocycles. The highest BCUT2D eigenvalue weighted by Crippen LogP contribution is 2.42. The maximum atomic E-state index is 6.24. The summed E-state index contributed by atoms with van der Waals surface area (Å²) in [4.78, 5) is 2.36. The van der Waals surface area contributed by atoms with Crippen molar-refractivity contribution in [1.82, 2.24) is 0 Å². The molecule has 2 heteroatoms. The SMILES string of the molecule is c1ccc(N(c2ccc(-c3ccc4ccc5ccc6ccccc6c5c4c3)cc2)c2cccc3cc4oc5ccccc5c4cc23)cc1. The van der Waals surface area contributed by atoms with Gasteiger partial charge in [-0.1, -0.05) is 121 Å². The molecule has 0 unspecified atom stereocenters. The second-order valence-electron chi connectivity index (χ2n) is 12.5. The van der Waals surface area contributed by atoms with E-state index in [-0.39, 0.29) is 0 Å². The van der Waals surface area contributed by atoms with Crippen molar-refractivity contribution in [2.75, 3.05) is 4.90 Å². The summed E-state index contributed by atoms with van der Waals surface area (Å²) >= 11 is 0. The summed E-state index contributed by atoms with van der Waals surface area (Å²) in [5, 5.41) is 12.3. The molecule has 10 aromatic rings. The molecule has 0 saturated heterocycles. The van der Waals surface area contributed by atoms with Gasteiger partial charge < -0.3 is 9.32 Å². The maximum absolute atomic E-state index is 6.24. The van der Waals surface area contributed by atoms with E-state index < -0.39 is 0 Å². The molecule has 0 aliphatic carbocycles. The second-order valence-corrected chi connectivity index (χ2v) is 12.5. The van der Waals surface area contributed by atoms with Gasteiger partial charge in [-0.15, -0.1) is 0 Å². The van der Waals surface area contributed by atoms with Gasteiger partial charge in [0.1, 0.15) is 11.2 Å². The highest BCUT2D eigenvalue weighted by molar-refractivity contribution is 6.20. The normalized spacial score (nSPS) is 11.8. The summed E-state index contributed by atoms with van der Waals surface area (Å²) in [6.07, 6.45) is 0. The van der Waals surface area contributed by atoms with Crippen LogP contribution in [0.2, 0.25) is 0 Å². The number of rotatable bonds is 4. The fraction of sp³-hybridized carbons (Fsp3) is 0. The number of benzene rings is 9. The Labute approximate surface area is 277 Å². The maximum Gasteiger partial charge on any atom is 0.136 e. The molecule has 0 aliphatic rings. The molecule has 0 amide bonds. The van der Waals surface area contributed by atoms with Gasteiger partial charge in [0.25, 0.3) is 0 Å². The van der Waals surface area contributed by atoms with Crippen molar-refractivity contribution in [2.24, 2.45) is 0 Å². The van der Waals surface area contributed by atoms with E-state index in [0.717, 1.165) is 44.4 Å². The highest BCUT2D eigenvalue weighted by atomic mass is 16.3. The zero-order valence-corrected chi connectivity index (χ0v) is 26.1. The number of fused-ring (bicyclic) bond motifs is 9. The predicted molar refractivity (Wildman–Crippen MR) is 204 cm³/mol. The second kappa shape index (κ2) is 10.6. The molecule has 0 spiro atoms. The van der Waals surface area contributed by atoms with Crippen LogP contribution in [0.4, 0.5) is 17.1 Å². The molecule has 9 aromatic carbocycles. The monoisotopic (exact) mass is 611 g/mol. The van der Waals surface area contributed by atoms with E-state index in [1.54, 1.807) is 0 Å². The van der Waals surface area contributed by atoms with E-state index in [1.165, 1.54) is 48.8 Å². The third-order valence-electron chi connectivity index (χ3n) is 9.80. The van der Waals surface area contributed by atoms with Crippen molar-refractivity contribution in [3.63, 3.8) is 0 Å². The van der Waals surface area contributed by atoms with E-state index in [1.807, 2.05) is 12.1 Å². The van der Waals surface area contributed by atoms with Crippen LogP contribution in [0, 0.1) is 0 Å². The van der Waals surface area contributed by atoms with Crippen LogP contribution in [0.1, 0.15) is 0 Å². The summed E-state index contributed by atoms with van der Waals surface area (Å²) in [5.41, 5.74) is 7.56. The van der Waals surface area contributed by atoms with Crippen molar-refractivity contribution in [1.29, 1.82) is 0 Å². The minimum Gasteiger partial charge on any atom is -0.456 e. The molecule has 0 radical (unpaired) electrons. The van der Waals surface area contributed by atoms with Crippen LogP contribution in [0.3, 0.4) is 0 Å². The molecule has 0 atom stereocenters. The first-order valence-corrected chi connectivity index (χ1v) is 16.4. The molecule has 0 bridgehead atoms. The van der Waals surface area contributed by atoms with E-state index in [0.29, 0.717) is 0 Å². The number of hydrogen-bond acceptors (Lipinski definition) is 2. The molecular formula is C46H29NO. The lowest BCUT2D eigenvalue weighted by Crippen LogP contribution is -2.10. The Balaban J connectivity index is 1.12. The standard InChI is InChI=1S/C46H29NO/c1-2-11-36(12-3-1)47(43-15-8-10-35-28-45-42(29-40(35)43)39-14-6-7-16-44(39)48-45)37-25-23-30(24-26-37)34-22-19-32-18-21-33-20-17-31-9-4-5-13-38(31)46(33)41(32)27-34/h1-29H. The number of nitrogens with zero attached hydrogens (tertiary/aromatic N) is 1. The lowest BCUT2D eigenvalue weighted by Gasteiger charge is -2.27. The zero-order valence-electron chi connectivity index (χ0n) is 26.1. The van der Waals surface area contributed by atoms with Gasteiger partial charge in [-0.2, -0.15) is 0 Å². The van der Waals surface area contributed by atoms with Gasteiger partial charge in [0, 0.05) is 27.5 Å². The van der Waals surface area contributed by atoms with Crippen molar-refractivity contribution in [2.45, 2.75) is 0 Å². The smallest absolute Gasteiger partial charge is 0.136 e. The Bertz CT molecular complexity index is 2820. The molecule has 48 heavy (non-hydrogen) atoms. The average Bonchev–Trinajstić information content (AvgIpc) is 3.52. The minimum absolute atomic E-state index is 0.910. The number of furan rings is 1.